The van der Waals surface area contributed by atoms with Crippen LogP contribution in [0, 0.1) is 0 Å². The molecular weight excluding hydrogens is 296 g/mol. The van der Waals surface area contributed by atoms with Crippen molar-refractivity contribution >= 4 is 23.6 Å². The minimum Gasteiger partial charge on any atom is -0.359 e. The van der Waals surface area contributed by atoms with Crippen LogP contribution in [0.1, 0.15) is 43.7 Å². The normalized spacial score (nSPS) is 18.6. The van der Waals surface area contributed by atoms with Crippen LogP contribution in [0.25, 0.3) is 0 Å². The first-order chi connectivity index (χ1) is 10.3. The maximum atomic E-state index is 12.1. The van der Waals surface area contributed by atoms with E-state index in [2.05, 4.69) is 50.4 Å². The third-order valence-corrected chi connectivity index (χ3v) is 5.14. The molecule has 4 nitrogen and oxygen atoms in total. The quantitative estimate of drug-likeness (QED) is 0.928. The molecule has 1 fully saturated rings. The van der Waals surface area contributed by atoms with Gasteiger partial charge in [-0.25, -0.2) is 0 Å². The summed E-state index contributed by atoms with van der Waals surface area (Å²) in [6, 6.07) is 8.47. The Kier molecular flexibility index (Phi) is 5.16. The van der Waals surface area contributed by atoms with E-state index in [1.54, 1.807) is 18.8 Å². The fraction of sp³-hybridized carbons (Fsp3) is 0.529. The predicted octanol–water partition coefficient (Wildman–Crippen LogP) is 2.69. The first kappa shape index (κ1) is 16.9. The van der Waals surface area contributed by atoms with Crippen molar-refractivity contribution in [1.29, 1.82) is 0 Å². The van der Waals surface area contributed by atoms with E-state index in [1.807, 2.05) is 4.90 Å². The molecule has 1 N–H and O–H groups in total. The molecule has 1 aliphatic heterocycles. The molecule has 2 amide bonds. The van der Waals surface area contributed by atoms with E-state index in [0.29, 0.717) is 18.7 Å². The van der Waals surface area contributed by atoms with Crippen LogP contribution >= 0.6 is 11.8 Å². The van der Waals surface area contributed by atoms with Crippen LogP contribution < -0.4 is 5.32 Å². The summed E-state index contributed by atoms with van der Waals surface area (Å²) in [7, 11) is 1.62. The van der Waals surface area contributed by atoms with Crippen molar-refractivity contribution in [2.24, 2.45) is 0 Å². The molecule has 1 aliphatic rings. The third kappa shape index (κ3) is 3.83. The number of hydrogen-bond acceptors (Lipinski definition) is 3. The van der Waals surface area contributed by atoms with Crippen molar-refractivity contribution in [3.8, 4) is 0 Å². The van der Waals surface area contributed by atoms with Crippen molar-refractivity contribution < 1.29 is 9.59 Å². The van der Waals surface area contributed by atoms with Crippen LogP contribution in [-0.4, -0.2) is 36.1 Å². The summed E-state index contributed by atoms with van der Waals surface area (Å²) < 4.78 is 0. The zero-order chi connectivity index (χ0) is 16.3. The lowest BCUT2D eigenvalue weighted by molar-refractivity contribution is -0.129. The SMILES string of the molecule is CNC(=O)CCN1C(=O)CS[C@@H]1c1ccc(C(C)(C)C)cc1. The van der Waals surface area contributed by atoms with Gasteiger partial charge in [0.1, 0.15) is 5.37 Å². The molecule has 1 atom stereocenters. The van der Waals surface area contributed by atoms with E-state index in [0.717, 1.165) is 5.56 Å². The molecule has 2 rings (SSSR count). The summed E-state index contributed by atoms with van der Waals surface area (Å²) in [4.78, 5) is 25.3. The van der Waals surface area contributed by atoms with Gasteiger partial charge in [0.2, 0.25) is 11.8 Å². The van der Waals surface area contributed by atoms with Crippen LogP contribution in [0.4, 0.5) is 0 Å². The topological polar surface area (TPSA) is 49.4 Å². The lowest BCUT2D eigenvalue weighted by Gasteiger charge is -2.25. The molecule has 0 aliphatic carbocycles. The van der Waals surface area contributed by atoms with E-state index < -0.39 is 0 Å². The van der Waals surface area contributed by atoms with Crippen LogP contribution in [0.15, 0.2) is 24.3 Å². The van der Waals surface area contributed by atoms with Gasteiger partial charge in [0.15, 0.2) is 0 Å². The summed E-state index contributed by atoms with van der Waals surface area (Å²) in [6.45, 7) is 7.03. The lowest BCUT2D eigenvalue weighted by atomic mass is 9.86. The third-order valence-electron chi connectivity index (χ3n) is 3.89. The monoisotopic (exact) mass is 320 g/mol. The second-order valence-electron chi connectivity index (χ2n) is 6.55. The van der Waals surface area contributed by atoms with Gasteiger partial charge in [-0.05, 0) is 16.5 Å². The number of benzene rings is 1. The first-order valence-electron chi connectivity index (χ1n) is 7.55. The average molecular weight is 320 g/mol. The Labute approximate surface area is 136 Å². The van der Waals surface area contributed by atoms with E-state index in [9.17, 15) is 9.59 Å². The van der Waals surface area contributed by atoms with Gasteiger partial charge >= 0.3 is 0 Å². The Balaban J connectivity index is 2.12. The first-order valence-corrected chi connectivity index (χ1v) is 8.60. The number of rotatable bonds is 4. The molecule has 0 saturated carbocycles. The summed E-state index contributed by atoms with van der Waals surface area (Å²) in [5, 5.41) is 2.62. The molecule has 1 saturated heterocycles. The number of hydrogen-bond donors (Lipinski definition) is 1. The Hall–Kier alpha value is -1.49. The van der Waals surface area contributed by atoms with Gasteiger partial charge < -0.3 is 10.2 Å². The summed E-state index contributed by atoms with van der Waals surface area (Å²) in [5.74, 6) is 0.560. The largest absolute Gasteiger partial charge is 0.359 e. The minimum absolute atomic E-state index is 0.0196. The predicted molar refractivity (Wildman–Crippen MR) is 90.7 cm³/mol. The van der Waals surface area contributed by atoms with E-state index in [4.69, 9.17) is 0 Å². The van der Waals surface area contributed by atoms with Crippen molar-refractivity contribution in [1.82, 2.24) is 10.2 Å². The van der Waals surface area contributed by atoms with Gasteiger partial charge in [-0.3, -0.25) is 9.59 Å². The molecule has 1 aromatic rings. The number of nitrogens with zero attached hydrogens (tertiary/aromatic N) is 1. The van der Waals surface area contributed by atoms with Crippen molar-refractivity contribution in [2.75, 3.05) is 19.3 Å². The highest BCUT2D eigenvalue weighted by Gasteiger charge is 2.32. The summed E-state index contributed by atoms with van der Waals surface area (Å²) >= 11 is 1.63. The van der Waals surface area contributed by atoms with Crippen LogP contribution in [0.2, 0.25) is 0 Å². The van der Waals surface area contributed by atoms with Gasteiger partial charge in [0.25, 0.3) is 0 Å². The minimum atomic E-state index is -0.0356. The maximum absolute atomic E-state index is 12.1. The standard InChI is InChI=1S/C17H24N2O2S/c1-17(2,3)13-7-5-12(6-8-13)16-19(15(21)11-22-16)10-9-14(20)18-4/h5-8,16H,9-11H2,1-4H3,(H,18,20)/t16-/m1/s1. The van der Waals surface area contributed by atoms with E-state index in [1.165, 1.54) is 5.56 Å². The number of carbonyl (C=O) groups excluding carboxylic acids is 2. The highest BCUT2D eigenvalue weighted by molar-refractivity contribution is 8.00. The fourth-order valence-electron chi connectivity index (χ4n) is 2.47. The molecule has 22 heavy (non-hydrogen) atoms. The number of carbonyl (C=O) groups is 2. The molecule has 120 valence electrons. The van der Waals surface area contributed by atoms with Crippen LogP contribution in [0.5, 0.6) is 0 Å². The highest BCUT2D eigenvalue weighted by atomic mass is 32.2. The van der Waals surface area contributed by atoms with E-state index in [-0.39, 0.29) is 22.6 Å². The number of amides is 2. The van der Waals surface area contributed by atoms with Crippen molar-refractivity contribution in [2.45, 2.75) is 38.0 Å². The van der Waals surface area contributed by atoms with Crippen LogP contribution in [-0.2, 0) is 15.0 Å². The second-order valence-corrected chi connectivity index (χ2v) is 7.61. The Morgan fingerprint density at radius 1 is 1.32 bits per heavy atom. The summed E-state index contributed by atoms with van der Waals surface area (Å²) in [5.41, 5.74) is 2.53. The molecule has 0 unspecified atom stereocenters. The summed E-state index contributed by atoms with van der Waals surface area (Å²) in [6.07, 6.45) is 0.347. The molecule has 5 heteroatoms. The van der Waals surface area contributed by atoms with Gasteiger partial charge in [-0.15, -0.1) is 11.8 Å². The maximum Gasteiger partial charge on any atom is 0.233 e. The lowest BCUT2D eigenvalue weighted by Crippen LogP contribution is -2.32. The van der Waals surface area contributed by atoms with E-state index >= 15 is 0 Å². The van der Waals surface area contributed by atoms with Crippen molar-refractivity contribution in [3.05, 3.63) is 35.4 Å². The highest BCUT2D eigenvalue weighted by Crippen LogP contribution is 2.39. The zero-order valence-corrected chi connectivity index (χ0v) is 14.5. The molecule has 1 heterocycles. The Morgan fingerprint density at radius 3 is 2.50 bits per heavy atom. The molecule has 1 aromatic carbocycles. The van der Waals surface area contributed by atoms with Gasteiger partial charge in [-0.2, -0.15) is 0 Å². The fourth-order valence-corrected chi connectivity index (χ4v) is 3.69. The van der Waals surface area contributed by atoms with Gasteiger partial charge in [0, 0.05) is 20.0 Å². The Bertz CT molecular complexity index is 549. The Morgan fingerprint density at radius 2 is 1.95 bits per heavy atom. The molecule has 0 aromatic heterocycles. The molecule has 0 radical (unpaired) electrons. The van der Waals surface area contributed by atoms with Crippen molar-refractivity contribution in [3.63, 3.8) is 0 Å². The number of thioether (sulfide) groups is 1. The zero-order valence-electron chi connectivity index (χ0n) is 13.7. The molecule has 0 bridgehead atoms. The number of nitrogens with one attached hydrogen (secondary N) is 1. The average Bonchev–Trinajstić information content (AvgIpc) is 2.85. The van der Waals surface area contributed by atoms with Gasteiger partial charge in [0.05, 0.1) is 5.75 Å². The smallest absolute Gasteiger partial charge is 0.233 e. The second kappa shape index (κ2) is 6.73. The van der Waals surface area contributed by atoms with Gasteiger partial charge in [-0.1, -0.05) is 45.0 Å². The van der Waals surface area contributed by atoms with Crippen LogP contribution in [0.3, 0.4) is 0 Å². The molecule has 0 spiro atoms. The molecular formula is C17H24N2O2S.